The Balaban J connectivity index is 1.52. The molecule has 1 aliphatic carbocycles. The Morgan fingerprint density at radius 3 is 2.78 bits per heavy atom. The smallest absolute Gasteiger partial charge is 0.247 e. The first kappa shape index (κ1) is 11.4. The fourth-order valence-corrected chi connectivity index (χ4v) is 1.89. The Hall–Kier alpha value is -1.68. The van der Waals surface area contributed by atoms with E-state index >= 15 is 0 Å². The van der Waals surface area contributed by atoms with Crippen molar-refractivity contribution >= 4 is 0 Å². The van der Waals surface area contributed by atoms with Gasteiger partial charge >= 0.3 is 0 Å². The van der Waals surface area contributed by atoms with E-state index in [0.717, 1.165) is 36.9 Å². The number of benzene rings is 1. The number of aromatic nitrogens is 2. The van der Waals surface area contributed by atoms with Crippen LogP contribution >= 0.6 is 0 Å². The van der Waals surface area contributed by atoms with Crippen LogP contribution in [0, 0.1) is 0 Å². The second-order valence-corrected chi connectivity index (χ2v) is 4.70. The van der Waals surface area contributed by atoms with Crippen molar-refractivity contribution in [1.82, 2.24) is 15.5 Å². The van der Waals surface area contributed by atoms with Crippen LogP contribution in [0.4, 0.5) is 0 Å². The predicted molar refractivity (Wildman–Crippen MR) is 69.1 cm³/mol. The fourth-order valence-electron chi connectivity index (χ4n) is 1.89. The summed E-state index contributed by atoms with van der Waals surface area (Å²) in [6, 6.07) is 10.6. The van der Waals surface area contributed by atoms with Crippen molar-refractivity contribution in [2.75, 3.05) is 6.54 Å². The number of nitrogens with zero attached hydrogens (tertiary/aromatic N) is 2. The number of hydrogen-bond donors (Lipinski definition) is 1. The molecule has 1 fully saturated rings. The fraction of sp³-hybridized carbons (Fsp3) is 0.429. The van der Waals surface area contributed by atoms with E-state index in [0.29, 0.717) is 5.89 Å². The number of hydrogen-bond acceptors (Lipinski definition) is 4. The van der Waals surface area contributed by atoms with Gasteiger partial charge in [0.1, 0.15) is 0 Å². The lowest BCUT2D eigenvalue weighted by Crippen LogP contribution is -2.17. The summed E-state index contributed by atoms with van der Waals surface area (Å²) in [7, 11) is 0. The lowest BCUT2D eigenvalue weighted by atomic mass is 10.2. The first-order valence-electron chi connectivity index (χ1n) is 6.53. The van der Waals surface area contributed by atoms with Gasteiger partial charge < -0.3 is 9.73 Å². The Bertz CT molecular complexity index is 491. The van der Waals surface area contributed by atoms with Gasteiger partial charge in [0.2, 0.25) is 11.8 Å². The Morgan fingerprint density at radius 2 is 2.00 bits per heavy atom. The zero-order chi connectivity index (χ0) is 12.2. The minimum Gasteiger partial charge on any atom is -0.421 e. The van der Waals surface area contributed by atoms with Gasteiger partial charge in [0.25, 0.3) is 0 Å². The molecule has 0 saturated heterocycles. The molecule has 1 N–H and O–H groups in total. The van der Waals surface area contributed by atoms with Crippen molar-refractivity contribution < 1.29 is 4.42 Å². The monoisotopic (exact) mass is 243 g/mol. The summed E-state index contributed by atoms with van der Waals surface area (Å²) in [5.74, 6) is 1.34. The summed E-state index contributed by atoms with van der Waals surface area (Å²) in [4.78, 5) is 0. The second kappa shape index (κ2) is 5.31. The van der Waals surface area contributed by atoms with E-state index in [1.807, 2.05) is 30.3 Å². The average molecular weight is 243 g/mol. The Labute approximate surface area is 106 Å². The maximum absolute atomic E-state index is 5.64. The molecule has 0 bridgehead atoms. The van der Waals surface area contributed by atoms with Crippen LogP contribution in [-0.4, -0.2) is 22.8 Å². The molecule has 0 amide bonds. The van der Waals surface area contributed by atoms with Crippen LogP contribution < -0.4 is 5.32 Å². The van der Waals surface area contributed by atoms with E-state index in [1.54, 1.807) is 0 Å². The topological polar surface area (TPSA) is 51.0 Å². The average Bonchev–Trinajstić information content (AvgIpc) is 3.12. The molecule has 1 saturated carbocycles. The van der Waals surface area contributed by atoms with E-state index in [9.17, 15) is 0 Å². The molecule has 3 rings (SSSR count). The van der Waals surface area contributed by atoms with Crippen molar-refractivity contribution in [3.63, 3.8) is 0 Å². The van der Waals surface area contributed by atoms with E-state index in [2.05, 4.69) is 15.5 Å². The quantitative estimate of drug-likeness (QED) is 0.792. The van der Waals surface area contributed by atoms with Crippen molar-refractivity contribution in [3.8, 4) is 11.5 Å². The van der Waals surface area contributed by atoms with Crippen LogP contribution in [0.5, 0.6) is 0 Å². The zero-order valence-electron chi connectivity index (χ0n) is 10.3. The maximum Gasteiger partial charge on any atom is 0.247 e. The normalized spacial score (nSPS) is 14.9. The van der Waals surface area contributed by atoms with E-state index < -0.39 is 0 Å². The predicted octanol–water partition coefficient (Wildman–Crippen LogP) is 2.42. The van der Waals surface area contributed by atoms with E-state index in [4.69, 9.17) is 4.42 Å². The summed E-state index contributed by atoms with van der Waals surface area (Å²) >= 11 is 0. The van der Waals surface area contributed by atoms with Crippen molar-refractivity contribution in [2.24, 2.45) is 0 Å². The summed E-state index contributed by atoms with van der Waals surface area (Å²) in [6.07, 6.45) is 4.56. The van der Waals surface area contributed by atoms with Gasteiger partial charge in [-0.1, -0.05) is 18.2 Å². The molecule has 1 aromatic carbocycles. The van der Waals surface area contributed by atoms with Crippen molar-refractivity contribution in [3.05, 3.63) is 36.2 Å². The summed E-state index contributed by atoms with van der Waals surface area (Å²) in [5.41, 5.74) is 0.979. The van der Waals surface area contributed by atoms with Crippen LogP contribution in [0.15, 0.2) is 34.7 Å². The minimum atomic E-state index is 0.612. The molecule has 1 heterocycles. The van der Waals surface area contributed by atoms with Gasteiger partial charge in [0, 0.05) is 18.0 Å². The molecule has 4 nitrogen and oxygen atoms in total. The van der Waals surface area contributed by atoms with Crippen LogP contribution in [0.25, 0.3) is 11.5 Å². The molecule has 0 spiro atoms. The third kappa shape index (κ3) is 2.96. The number of aryl methyl sites for hydroxylation is 1. The first-order valence-corrected chi connectivity index (χ1v) is 6.53. The van der Waals surface area contributed by atoms with Gasteiger partial charge in [-0.25, -0.2) is 0 Å². The maximum atomic E-state index is 5.64. The second-order valence-electron chi connectivity index (χ2n) is 4.70. The van der Waals surface area contributed by atoms with Gasteiger partial charge in [-0.2, -0.15) is 0 Å². The Kier molecular flexibility index (Phi) is 3.37. The largest absolute Gasteiger partial charge is 0.421 e. The Morgan fingerprint density at radius 1 is 1.17 bits per heavy atom. The summed E-state index contributed by atoms with van der Waals surface area (Å²) < 4.78 is 5.64. The molecule has 0 radical (unpaired) electrons. The highest BCUT2D eigenvalue weighted by Crippen LogP contribution is 2.19. The van der Waals surface area contributed by atoms with Gasteiger partial charge in [-0.3, -0.25) is 0 Å². The summed E-state index contributed by atoms with van der Waals surface area (Å²) in [5, 5.41) is 11.6. The number of rotatable bonds is 6. The lowest BCUT2D eigenvalue weighted by molar-refractivity contribution is 0.491. The molecule has 94 valence electrons. The SMILES string of the molecule is c1ccc(-c2nnc(CCCNC3CC3)o2)cc1. The molecular weight excluding hydrogens is 226 g/mol. The molecular formula is C14H17N3O. The van der Waals surface area contributed by atoms with Crippen LogP contribution in [0.2, 0.25) is 0 Å². The highest BCUT2D eigenvalue weighted by atomic mass is 16.4. The van der Waals surface area contributed by atoms with Crippen molar-refractivity contribution in [2.45, 2.75) is 31.7 Å². The standard InChI is InChI=1S/C14H17N3O/c1-2-5-11(6-3-1)14-17-16-13(18-14)7-4-10-15-12-8-9-12/h1-3,5-6,12,15H,4,7-10H2. The van der Waals surface area contributed by atoms with E-state index in [1.165, 1.54) is 12.8 Å². The van der Waals surface area contributed by atoms with Gasteiger partial charge in [0.05, 0.1) is 0 Å². The first-order chi connectivity index (χ1) is 8.92. The van der Waals surface area contributed by atoms with Crippen molar-refractivity contribution in [1.29, 1.82) is 0 Å². The molecule has 0 unspecified atom stereocenters. The highest BCUT2D eigenvalue weighted by molar-refractivity contribution is 5.51. The third-order valence-corrected chi connectivity index (χ3v) is 3.07. The van der Waals surface area contributed by atoms with Crippen LogP contribution in [-0.2, 0) is 6.42 Å². The van der Waals surface area contributed by atoms with Gasteiger partial charge in [0.15, 0.2) is 0 Å². The molecule has 18 heavy (non-hydrogen) atoms. The molecule has 4 heteroatoms. The lowest BCUT2D eigenvalue weighted by Gasteiger charge is -1.99. The molecule has 2 aromatic rings. The molecule has 0 aliphatic heterocycles. The van der Waals surface area contributed by atoms with Crippen LogP contribution in [0.3, 0.4) is 0 Å². The highest BCUT2D eigenvalue weighted by Gasteiger charge is 2.19. The third-order valence-electron chi connectivity index (χ3n) is 3.07. The van der Waals surface area contributed by atoms with Gasteiger partial charge in [-0.15, -0.1) is 10.2 Å². The molecule has 1 aliphatic rings. The molecule has 0 atom stereocenters. The number of nitrogens with one attached hydrogen (secondary N) is 1. The zero-order valence-corrected chi connectivity index (χ0v) is 10.3. The molecule has 1 aromatic heterocycles. The minimum absolute atomic E-state index is 0.612. The van der Waals surface area contributed by atoms with Crippen LogP contribution in [0.1, 0.15) is 25.2 Å². The summed E-state index contributed by atoms with van der Waals surface area (Å²) in [6.45, 7) is 1.04. The van der Waals surface area contributed by atoms with E-state index in [-0.39, 0.29) is 0 Å². The van der Waals surface area contributed by atoms with Gasteiger partial charge in [-0.05, 0) is 37.9 Å².